The minimum atomic E-state index is -4.50. The summed E-state index contributed by atoms with van der Waals surface area (Å²) in [6.45, 7) is 4.65. The van der Waals surface area contributed by atoms with Crippen molar-refractivity contribution in [1.82, 2.24) is 15.0 Å². The number of morpholine rings is 1. The van der Waals surface area contributed by atoms with Gasteiger partial charge in [-0.3, -0.25) is 4.79 Å². The number of ether oxygens (including phenoxy) is 1. The van der Waals surface area contributed by atoms with Crippen molar-refractivity contribution in [1.29, 1.82) is 0 Å². The SMILES string of the molecule is CC(=O)c1ccc(Nc2nc(N3CCOCC3)nc3c2CCN(c2ncccc2C(F)(F)F)CC3)cc1. The number of ketones is 1. The minimum Gasteiger partial charge on any atom is -0.378 e. The lowest BCUT2D eigenvalue weighted by molar-refractivity contribution is -0.137. The van der Waals surface area contributed by atoms with E-state index in [1.165, 1.54) is 19.2 Å². The summed E-state index contributed by atoms with van der Waals surface area (Å²) < 4.78 is 46.5. The predicted molar refractivity (Wildman–Crippen MR) is 134 cm³/mol. The molecule has 3 aromatic rings. The third kappa shape index (κ3) is 5.51. The molecule has 0 amide bonds. The quantitative estimate of drug-likeness (QED) is 0.508. The van der Waals surface area contributed by atoms with Crippen molar-refractivity contribution in [2.45, 2.75) is 25.9 Å². The fourth-order valence-electron chi connectivity index (χ4n) is 4.60. The van der Waals surface area contributed by atoms with Crippen LogP contribution in [0.1, 0.15) is 34.1 Å². The molecular formula is C26H27F3N6O2. The molecule has 0 bridgehead atoms. The second-order valence-electron chi connectivity index (χ2n) is 9.01. The summed E-state index contributed by atoms with van der Waals surface area (Å²) in [5.74, 6) is 1.08. The number of hydrogen-bond donors (Lipinski definition) is 1. The van der Waals surface area contributed by atoms with Crippen LogP contribution in [-0.2, 0) is 23.8 Å². The molecule has 194 valence electrons. The van der Waals surface area contributed by atoms with Gasteiger partial charge < -0.3 is 19.9 Å². The van der Waals surface area contributed by atoms with Gasteiger partial charge in [0, 0.05) is 55.6 Å². The van der Waals surface area contributed by atoms with Gasteiger partial charge in [0.05, 0.1) is 24.5 Å². The summed E-state index contributed by atoms with van der Waals surface area (Å²) >= 11 is 0. The molecule has 2 aromatic heterocycles. The number of halogens is 3. The summed E-state index contributed by atoms with van der Waals surface area (Å²) in [6.07, 6.45) is -2.22. The van der Waals surface area contributed by atoms with Crippen molar-refractivity contribution in [2.75, 3.05) is 54.5 Å². The zero-order valence-electron chi connectivity index (χ0n) is 20.4. The van der Waals surface area contributed by atoms with Gasteiger partial charge in [-0.05, 0) is 49.7 Å². The number of carbonyl (C=O) groups excluding carboxylic acids is 1. The van der Waals surface area contributed by atoms with E-state index in [0.29, 0.717) is 69.6 Å². The normalized spacial score (nSPS) is 16.2. The highest BCUT2D eigenvalue weighted by atomic mass is 19.4. The average molecular weight is 513 g/mol. The first kappa shape index (κ1) is 24.9. The standard InChI is InChI=1S/C26H27F3N6O2/c1-17(36)18-4-6-19(7-5-18)31-23-20-8-11-34(24-21(26(27,28)29)3-2-10-30-24)12-9-22(20)32-25(33-23)35-13-15-37-16-14-35/h2-7,10H,8-9,11-16H2,1H3,(H,31,32,33). The van der Waals surface area contributed by atoms with Crippen molar-refractivity contribution in [2.24, 2.45) is 0 Å². The maximum Gasteiger partial charge on any atom is 0.419 e. The molecule has 1 N–H and O–H groups in total. The smallest absolute Gasteiger partial charge is 0.378 e. The fourth-order valence-corrected chi connectivity index (χ4v) is 4.60. The first-order valence-electron chi connectivity index (χ1n) is 12.2. The first-order chi connectivity index (χ1) is 17.8. The Morgan fingerprint density at radius 1 is 0.973 bits per heavy atom. The molecule has 2 aliphatic rings. The van der Waals surface area contributed by atoms with Crippen LogP contribution in [0, 0.1) is 0 Å². The van der Waals surface area contributed by atoms with Crippen LogP contribution >= 0.6 is 0 Å². The molecule has 1 saturated heterocycles. The molecule has 0 radical (unpaired) electrons. The Labute approximate surface area is 212 Å². The molecule has 1 fully saturated rings. The van der Waals surface area contributed by atoms with Crippen LogP contribution in [0.5, 0.6) is 0 Å². The number of nitrogens with zero attached hydrogens (tertiary/aromatic N) is 5. The lowest BCUT2D eigenvalue weighted by Gasteiger charge is -2.28. The fraction of sp³-hybridized carbons (Fsp3) is 0.385. The molecule has 4 heterocycles. The zero-order valence-corrected chi connectivity index (χ0v) is 20.4. The van der Waals surface area contributed by atoms with Crippen molar-refractivity contribution in [3.8, 4) is 0 Å². The Morgan fingerprint density at radius 3 is 2.41 bits per heavy atom. The second kappa shape index (κ2) is 10.3. The lowest BCUT2D eigenvalue weighted by Crippen LogP contribution is -2.37. The number of Topliss-reactive ketones (excluding diaryl/α,β-unsaturated/α-hetero) is 1. The Balaban J connectivity index is 1.48. The van der Waals surface area contributed by atoms with Crippen LogP contribution in [0.2, 0.25) is 0 Å². The molecule has 5 rings (SSSR count). The van der Waals surface area contributed by atoms with E-state index >= 15 is 0 Å². The molecule has 8 nitrogen and oxygen atoms in total. The number of alkyl halides is 3. The highest BCUT2D eigenvalue weighted by Gasteiger charge is 2.36. The van der Waals surface area contributed by atoms with Crippen LogP contribution in [0.25, 0.3) is 0 Å². The van der Waals surface area contributed by atoms with Gasteiger partial charge in [0.1, 0.15) is 11.6 Å². The molecule has 0 unspecified atom stereocenters. The average Bonchev–Trinajstić information content (AvgIpc) is 3.12. The number of anilines is 4. The maximum absolute atomic E-state index is 13.7. The molecule has 0 atom stereocenters. The second-order valence-corrected chi connectivity index (χ2v) is 9.01. The summed E-state index contributed by atoms with van der Waals surface area (Å²) in [4.78, 5) is 29.1. The Morgan fingerprint density at radius 2 is 1.70 bits per heavy atom. The summed E-state index contributed by atoms with van der Waals surface area (Å²) in [6, 6.07) is 9.48. The summed E-state index contributed by atoms with van der Waals surface area (Å²) in [7, 11) is 0. The summed E-state index contributed by atoms with van der Waals surface area (Å²) in [5.41, 5.74) is 2.27. The molecule has 0 spiro atoms. The predicted octanol–water partition coefficient (Wildman–Crippen LogP) is 4.28. The van der Waals surface area contributed by atoms with Gasteiger partial charge in [-0.25, -0.2) is 9.97 Å². The number of aromatic nitrogens is 3. The van der Waals surface area contributed by atoms with Gasteiger partial charge in [0.2, 0.25) is 5.95 Å². The van der Waals surface area contributed by atoms with Gasteiger partial charge in [-0.2, -0.15) is 18.2 Å². The minimum absolute atomic E-state index is 0.0232. The molecule has 37 heavy (non-hydrogen) atoms. The van der Waals surface area contributed by atoms with Crippen LogP contribution in [0.15, 0.2) is 42.6 Å². The van der Waals surface area contributed by atoms with E-state index in [2.05, 4.69) is 15.2 Å². The molecule has 2 aliphatic heterocycles. The van der Waals surface area contributed by atoms with Crippen LogP contribution in [0.4, 0.5) is 36.4 Å². The molecule has 11 heteroatoms. The Kier molecular flexibility index (Phi) is 6.96. The van der Waals surface area contributed by atoms with Crippen molar-refractivity contribution < 1.29 is 22.7 Å². The third-order valence-corrected chi connectivity index (χ3v) is 6.57. The van der Waals surface area contributed by atoms with Crippen molar-refractivity contribution in [3.05, 3.63) is 65.0 Å². The van der Waals surface area contributed by atoms with E-state index < -0.39 is 11.7 Å². The van der Waals surface area contributed by atoms with Gasteiger partial charge in [0.25, 0.3) is 0 Å². The number of hydrogen-bond acceptors (Lipinski definition) is 8. The van der Waals surface area contributed by atoms with Gasteiger partial charge in [0.15, 0.2) is 5.78 Å². The van der Waals surface area contributed by atoms with Crippen molar-refractivity contribution >= 4 is 29.1 Å². The molecule has 0 saturated carbocycles. The largest absolute Gasteiger partial charge is 0.419 e. The maximum atomic E-state index is 13.7. The van der Waals surface area contributed by atoms with E-state index in [-0.39, 0.29) is 11.6 Å². The van der Waals surface area contributed by atoms with Gasteiger partial charge in [-0.15, -0.1) is 0 Å². The van der Waals surface area contributed by atoms with E-state index in [0.717, 1.165) is 23.0 Å². The van der Waals surface area contributed by atoms with Gasteiger partial charge >= 0.3 is 6.18 Å². The summed E-state index contributed by atoms with van der Waals surface area (Å²) in [5, 5.41) is 3.36. The topological polar surface area (TPSA) is 83.5 Å². The van der Waals surface area contributed by atoms with E-state index in [4.69, 9.17) is 14.7 Å². The van der Waals surface area contributed by atoms with Crippen molar-refractivity contribution in [3.63, 3.8) is 0 Å². The van der Waals surface area contributed by atoms with E-state index in [1.807, 2.05) is 12.1 Å². The zero-order chi connectivity index (χ0) is 26.0. The molecule has 0 aliphatic carbocycles. The number of nitrogens with one attached hydrogen (secondary N) is 1. The lowest BCUT2D eigenvalue weighted by atomic mass is 10.1. The molecular weight excluding hydrogens is 485 g/mol. The Hall–Kier alpha value is -3.73. The van der Waals surface area contributed by atoms with Crippen LogP contribution in [0.3, 0.4) is 0 Å². The monoisotopic (exact) mass is 512 g/mol. The third-order valence-electron chi connectivity index (χ3n) is 6.57. The number of pyridine rings is 1. The number of rotatable bonds is 5. The van der Waals surface area contributed by atoms with Crippen LogP contribution < -0.4 is 15.1 Å². The van der Waals surface area contributed by atoms with E-state index in [9.17, 15) is 18.0 Å². The first-order valence-corrected chi connectivity index (χ1v) is 12.2. The Bertz CT molecular complexity index is 1280. The highest BCUT2D eigenvalue weighted by Crippen LogP contribution is 2.36. The van der Waals surface area contributed by atoms with Gasteiger partial charge in [-0.1, -0.05) is 0 Å². The van der Waals surface area contributed by atoms with E-state index in [1.54, 1.807) is 17.0 Å². The number of carbonyl (C=O) groups is 1. The number of benzene rings is 1. The highest BCUT2D eigenvalue weighted by molar-refractivity contribution is 5.94. The molecule has 1 aromatic carbocycles. The number of fused-ring (bicyclic) bond motifs is 1. The van der Waals surface area contributed by atoms with Crippen LogP contribution in [-0.4, -0.2) is 60.1 Å².